The number of carbonyl (C=O) groups is 2. The van der Waals surface area contributed by atoms with Crippen molar-refractivity contribution in [3.63, 3.8) is 0 Å². The van der Waals surface area contributed by atoms with Crippen LogP contribution in [-0.2, 0) is 26.2 Å². The number of anilines is 1. The van der Waals surface area contributed by atoms with E-state index in [1.165, 1.54) is 9.21 Å². The van der Waals surface area contributed by atoms with Gasteiger partial charge in [0.1, 0.15) is 11.8 Å². The zero-order chi connectivity index (χ0) is 26.2. The lowest BCUT2D eigenvalue weighted by Gasteiger charge is -2.30. The number of aryl methyl sites for hydroxylation is 1. The molecule has 1 atom stereocenters. The first-order valence-electron chi connectivity index (χ1n) is 11.7. The van der Waals surface area contributed by atoms with E-state index in [0.29, 0.717) is 17.9 Å². The van der Waals surface area contributed by atoms with Crippen molar-refractivity contribution >= 4 is 27.5 Å². The summed E-state index contributed by atoms with van der Waals surface area (Å²) in [6.07, 6.45) is 1.58. The van der Waals surface area contributed by atoms with E-state index < -0.39 is 16.1 Å². The number of methoxy groups -OCH3 is 1. The molecule has 1 N–H and O–H groups in total. The zero-order valence-electron chi connectivity index (χ0n) is 21.4. The molecule has 0 bridgehead atoms. The lowest BCUT2D eigenvalue weighted by molar-refractivity contribution is -0.140. The molecule has 9 heteroatoms. The maximum Gasteiger partial charge on any atom is 0.242 e. The molecule has 2 amide bonds. The van der Waals surface area contributed by atoms with Crippen molar-refractivity contribution in [2.75, 3.05) is 24.2 Å². The van der Waals surface area contributed by atoms with Gasteiger partial charge in [-0.3, -0.25) is 13.9 Å². The number of rotatable bonds is 12. The van der Waals surface area contributed by atoms with E-state index in [-0.39, 0.29) is 37.4 Å². The summed E-state index contributed by atoms with van der Waals surface area (Å²) < 4.78 is 31.3. The van der Waals surface area contributed by atoms with Gasteiger partial charge < -0.3 is 15.0 Å². The number of amides is 2. The number of benzene rings is 2. The van der Waals surface area contributed by atoms with Crippen LogP contribution in [0.3, 0.4) is 0 Å². The highest BCUT2D eigenvalue weighted by Gasteiger charge is 2.27. The number of hydrogen-bond acceptors (Lipinski definition) is 5. The van der Waals surface area contributed by atoms with Gasteiger partial charge in [0.15, 0.2) is 0 Å². The predicted molar refractivity (Wildman–Crippen MR) is 139 cm³/mol. The average molecular weight is 504 g/mol. The molecule has 2 aromatic rings. The molecule has 0 radical (unpaired) electrons. The lowest BCUT2D eigenvalue weighted by Crippen LogP contribution is -2.49. The maximum atomic E-state index is 13.3. The van der Waals surface area contributed by atoms with Gasteiger partial charge in [0, 0.05) is 25.6 Å². The van der Waals surface area contributed by atoms with Crippen molar-refractivity contribution in [1.82, 2.24) is 10.2 Å². The Labute approximate surface area is 209 Å². The monoisotopic (exact) mass is 503 g/mol. The van der Waals surface area contributed by atoms with Crippen LogP contribution in [0.15, 0.2) is 48.5 Å². The van der Waals surface area contributed by atoms with Crippen LogP contribution in [0.25, 0.3) is 0 Å². The second-order valence-electron chi connectivity index (χ2n) is 8.98. The Morgan fingerprint density at radius 3 is 2.11 bits per heavy atom. The summed E-state index contributed by atoms with van der Waals surface area (Å²) >= 11 is 0. The summed E-state index contributed by atoms with van der Waals surface area (Å²) in [5.41, 5.74) is 2.45. The SMILES string of the molecule is COc1ccc(CN(C(=O)CCCN(c2ccc(C)cc2)S(C)(=O)=O)[C@@H](C)C(=O)NC(C)C)cc1. The van der Waals surface area contributed by atoms with Crippen LogP contribution in [-0.4, -0.2) is 57.1 Å². The third kappa shape index (κ3) is 8.58. The van der Waals surface area contributed by atoms with Crippen molar-refractivity contribution < 1.29 is 22.7 Å². The maximum absolute atomic E-state index is 13.3. The molecule has 0 saturated heterocycles. The number of hydrogen-bond donors (Lipinski definition) is 1. The van der Waals surface area contributed by atoms with Crippen LogP contribution in [0.5, 0.6) is 5.75 Å². The zero-order valence-corrected chi connectivity index (χ0v) is 22.3. The molecule has 8 nitrogen and oxygen atoms in total. The summed E-state index contributed by atoms with van der Waals surface area (Å²) in [6.45, 7) is 7.78. The second kappa shape index (κ2) is 12.6. The molecule has 0 unspecified atom stereocenters. The molecule has 2 aromatic carbocycles. The molecule has 0 fully saturated rings. The molecule has 192 valence electrons. The molecule has 0 aliphatic rings. The molecular weight excluding hydrogens is 466 g/mol. The normalized spacial score (nSPS) is 12.2. The number of carbonyl (C=O) groups excluding carboxylic acids is 2. The fraction of sp³-hybridized carbons (Fsp3) is 0.462. The molecule has 0 spiro atoms. The molecule has 0 saturated carbocycles. The van der Waals surface area contributed by atoms with Crippen molar-refractivity contribution in [2.45, 2.75) is 59.2 Å². The minimum atomic E-state index is -3.51. The van der Waals surface area contributed by atoms with Crippen molar-refractivity contribution in [2.24, 2.45) is 0 Å². The average Bonchev–Trinajstić information content (AvgIpc) is 2.79. The molecule has 0 aliphatic carbocycles. The first-order chi connectivity index (χ1) is 16.4. The minimum absolute atomic E-state index is 0.0549. The van der Waals surface area contributed by atoms with Crippen LogP contribution in [0.1, 0.15) is 44.7 Å². The number of nitrogens with zero attached hydrogens (tertiary/aromatic N) is 2. The van der Waals surface area contributed by atoms with Crippen LogP contribution in [0.4, 0.5) is 5.69 Å². The molecule has 2 rings (SSSR count). The molecule has 35 heavy (non-hydrogen) atoms. The van der Waals surface area contributed by atoms with E-state index in [2.05, 4.69) is 5.32 Å². The van der Waals surface area contributed by atoms with E-state index in [0.717, 1.165) is 17.4 Å². The third-order valence-corrected chi connectivity index (χ3v) is 6.78. The van der Waals surface area contributed by atoms with Gasteiger partial charge in [0.2, 0.25) is 21.8 Å². The van der Waals surface area contributed by atoms with E-state index in [1.807, 2.05) is 57.2 Å². The Bertz CT molecular complexity index is 1080. The van der Waals surface area contributed by atoms with Gasteiger partial charge in [0.05, 0.1) is 19.1 Å². The Balaban J connectivity index is 2.16. The molecule has 0 heterocycles. The van der Waals surface area contributed by atoms with Gasteiger partial charge >= 0.3 is 0 Å². The Morgan fingerprint density at radius 2 is 1.60 bits per heavy atom. The molecule has 0 aromatic heterocycles. The lowest BCUT2D eigenvalue weighted by atomic mass is 10.1. The number of nitrogens with one attached hydrogen (secondary N) is 1. The standard InChI is InChI=1S/C26H37N3O5S/c1-19(2)27-26(31)21(4)28(18-22-11-15-24(34-5)16-12-22)25(30)8-7-17-29(35(6,32)33)23-13-9-20(3)10-14-23/h9-16,19,21H,7-8,17-18H2,1-6H3,(H,27,31)/t21-/m0/s1. The van der Waals surface area contributed by atoms with Crippen LogP contribution in [0.2, 0.25) is 0 Å². The highest BCUT2D eigenvalue weighted by Crippen LogP contribution is 2.20. The fourth-order valence-corrected chi connectivity index (χ4v) is 4.60. The first kappa shape index (κ1) is 28.2. The molecule has 0 aliphatic heterocycles. The highest BCUT2D eigenvalue weighted by molar-refractivity contribution is 7.92. The summed E-state index contributed by atoms with van der Waals surface area (Å²) in [5.74, 6) is 0.248. The van der Waals surface area contributed by atoms with E-state index >= 15 is 0 Å². The van der Waals surface area contributed by atoms with Gasteiger partial charge in [0.25, 0.3) is 0 Å². The van der Waals surface area contributed by atoms with Crippen molar-refractivity contribution in [3.8, 4) is 5.75 Å². The summed E-state index contributed by atoms with van der Waals surface area (Å²) in [4.78, 5) is 27.5. The topological polar surface area (TPSA) is 96.0 Å². The van der Waals surface area contributed by atoms with Gasteiger partial charge in [-0.1, -0.05) is 29.8 Å². The van der Waals surface area contributed by atoms with Crippen LogP contribution >= 0.6 is 0 Å². The number of ether oxygens (including phenoxy) is 1. The summed E-state index contributed by atoms with van der Waals surface area (Å²) in [7, 11) is -1.93. The van der Waals surface area contributed by atoms with Crippen molar-refractivity contribution in [3.05, 3.63) is 59.7 Å². The largest absolute Gasteiger partial charge is 0.497 e. The summed E-state index contributed by atoms with van der Waals surface area (Å²) in [5, 5.41) is 2.86. The highest BCUT2D eigenvalue weighted by atomic mass is 32.2. The van der Waals surface area contributed by atoms with Gasteiger partial charge in [-0.25, -0.2) is 8.42 Å². The van der Waals surface area contributed by atoms with Gasteiger partial charge in [-0.15, -0.1) is 0 Å². The quantitative estimate of drug-likeness (QED) is 0.478. The van der Waals surface area contributed by atoms with E-state index in [9.17, 15) is 18.0 Å². The second-order valence-corrected chi connectivity index (χ2v) is 10.9. The summed E-state index contributed by atoms with van der Waals surface area (Å²) in [6, 6.07) is 13.8. The third-order valence-electron chi connectivity index (χ3n) is 5.58. The van der Waals surface area contributed by atoms with Crippen LogP contribution < -0.4 is 14.4 Å². The smallest absolute Gasteiger partial charge is 0.242 e. The van der Waals surface area contributed by atoms with Gasteiger partial charge in [-0.2, -0.15) is 0 Å². The first-order valence-corrected chi connectivity index (χ1v) is 13.5. The Morgan fingerprint density at radius 1 is 1.00 bits per heavy atom. The van der Waals surface area contributed by atoms with Crippen LogP contribution in [0, 0.1) is 6.92 Å². The predicted octanol–water partition coefficient (Wildman–Crippen LogP) is 3.49. The molecular formula is C26H37N3O5S. The fourth-order valence-electron chi connectivity index (χ4n) is 3.63. The van der Waals surface area contributed by atoms with E-state index in [1.54, 1.807) is 26.2 Å². The Hall–Kier alpha value is -3.07. The Kier molecular flexibility index (Phi) is 10.1. The minimum Gasteiger partial charge on any atom is -0.497 e. The van der Waals surface area contributed by atoms with E-state index in [4.69, 9.17) is 4.74 Å². The van der Waals surface area contributed by atoms with Crippen molar-refractivity contribution in [1.29, 1.82) is 0 Å². The number of sulfonamides is 1. The van der Waals surface area contributed by atoms with Gasteiger partial charge in [-0.05, 0) is 63.9 Å².